The van der Waals surface area contributed by atoms with Gasteiger partial charge >= 0.3 is 6.03 Å². The fourth-order valence-corrected chi connectivity index (χ4v) is 3.30. The minimum absolute atomic E-state index is 0.338. The molecule has 6 nitrogen and oxygen atoms in total. The van der Waals surface area contributed by atoms with Crippen LogP contribution in [0.3, 0.4) is 0 Å². The Labute approximate surface area is 153 Å². The van der Waals surface area contributed by atoms with Crippen molar-refractivity contribution in [1.82, 2.24) is 20.0 Å². The van der Waals surface area contributed by atoms with Crippen molar-refractivity contribution in [2.24, 2.45) is 5.92 Å². The molecule has 1 saturated heterocycles. The highest BCUT2D eigenvalue weighted by molar-refractivity contribution is 5.91. The van der Waals surface area contributed by atoms with Crippen LogP contribution >= 0.6 is 0 Å². The lowest BCUT2D eigenvalue weighted by atomic mass is 10.1. The quantitative estimate of drug-likeness (QED) is 0.832. The lowest BCUT2D eigenvalue weighted by Gasteiger charge is -2.29. The fraction of sp³-hybridized carbons (Fsp3) is 0.474. The predicted molar refractivity (Wildman–Crippen MR) is 100.0 cm³/mol. The van der Waals surface area contributed by atoms with Crippen LogP contribution in [0.15, 0.2) is 36.7 Å². The van der Waals surface area contributed by atoms with Gasteiger partial charge in [-0.2, -0.15) is 5.10 Å². The summed E-state index contributed by atoms with van der Waals surface area (Å²) in [5, 5.41) is 9.76. The Morgan fingerprint density at radius 3 is 2.85 bits per heavy atom. The number of halogens is 1. The monoisotopic (exact) mass is 359 g/mol. The number of carbonyl (C=O) groups is 1. The maximum Gasteiger partial charge on any atom is 0.319 e. The van der Waals surface area contributed by atoms with E-state index in [1.807, 2.05) is 0 Å². The topological polar surface area (TPSA) is 62.2 Å². The summed E-state index contributed by atoms with van der Waals surface area (Å²) in [4.78, 5) is 14.7. The van der Waals surface area contributed by atoms with E-state index in [4.69, 9.17) is 0 Å². The van der Waals surface area contributed by atoms with Gasteiger partial charge in [-0.05, 0) is 56.1 Å². The number of piperidine rings is 1. The first-order valence-electron chi connectivity index (χ1n) is 9.18. The van der Waals surface area contributed by atoms with Gasteiger partial charge in [0.05, 0.1) is 11.4 Å². The molecule has 1 aromatic heterocycles. The molecule has 2 amide bonds. The van der Waals surface area contributed by atoms with Crippen LogP contribution in [0, 0.1) is 11.7 Å². The lowest BCUT2D eigenvalue weighted by Crippen LogP contribution is -2.39. The third-order valence-corrected chi connectivity index (χ3v) is 4.59. The van der Waals surface area contributed by atoms with Crippen molar-refractivity contribution in [2.75, 3.05) is 31.5 Å². The Hall–Kier alpha value is -2.41. The summed E-state index contributed by atoms with van der Waals surface area (Å²) < 4.78 is 15.2. The van der Waals surface area contributed by atoms with E-state index in [-0.39, 0.29) is 6.03 Å². The van der Waals surface area contributed by atoms with Gasteiger partial charge in [0, 0.05) is 25.5 Å². The molecule has 1 aliphatic heterocycles. The molecule has 0 spiro atoms. The Bertz CT molecular complexity index is 713. The van der Waals surface area contributed by atoms with Crippen LogP contribution in [-0.4, -0.2) is 46.9 Å². The van der Waals surface area contributed by atoms with E-state index in [9.17, 15) is 9.18 Å². The molecule has 0 bridgehead atoms. The van der Waals surface area contributed by atoms with Gasteiger partial charge in [0.2, 0.25) is 0 Å². The zero-order chi connectivity index (χ0) is 18.4. The van der Waals surface area contributed by atoms with E-state index in [2.05, 4.69) is 27.6 Å². The van der Waals surface area contributed by atoms with Gasteiger partial charge in [0.1, 0.15) is 5.82 Å². The van der Waals surface area contributed by atoms with Gasteiger partial charge in [-0.3, -0.25) is 0 Å². The SMILES string of the molecule is CC(CNC(=O)Nc1cc(F)ccc1-n1cccn1)CN1CCCCC1. The summed E-state index contributed by atoms with van der Waals surface area (Å²) in [6.07, 6.45) is 7.22. The Kier molecular flexibility index (Phi) is 6.22. The number of urea groups is 1. The van der Waals surface area contributed by atoms with Crippen LogP contribution in [0.25, 0.3) is 5.69 Å². The molecule has 2 heterocycles. The number of hydrogen-bond acceptors (Lipinski definition) is 3. The fourth-order valence-electron chi connectivity index (χ4n) is 3.30. The highest BCUT2D eigenvalue weighted by Crippen LogP contribution is 2.21. The van der Waals surface area contributed by atoms with Crippen LogP contribution < -0.4 is 10.6 Å². The van der Waals surface area contributed by atoms with Gasteiger partial charge in [-0.25, -0.2) is 13.9 Å². The third kappa shape index (κ3) is 5.05. The molecule has 2 aromatic rings. The average molecular weight is 359 g/mol. The van der Waals surface area contributed by atoms with Crippen LogP contribution in [-0.2, 0) is 0 Å². The largest absolute Gasteiger partial charge is 0.338 e. The predicted octanol–water partition coefficient (Wildman–Crippen LogP) is 3.25. The van der Waals surface area contributed by atoms with E-state index in [0.717, 1.165) is 19.6 Å². The highest BCUT2D eigenvalue weighted by Gasteiger charge is 2.15. The molecule has 140 valence electrons. The summed E-state index contributed by atoms with van der Waals surface area (Å²) in [5.74, 6) is -0.0494. The number of benzene rings is 1. The Morgan fingerprint density at radius 1 is 1.31 bits per heavy atom. The Balaban J connectivity index is 1.54. The summed E-state index contributed by atoms with van der Waals surface area (Å²) in [7, 11) is 0. The van der Waals surface area contributed by atoms with Crippen LogP contribution in [0.2, 0.25) is 0 Å². The molecule has 1 aliphatic rings. The normalized spacial score (nSPS) is 16.2. The molecule has 1 atom stereocenters. The molecular formula is C19H26FN5O. The second-order valence-electron chi connectivity index (χ2n) is 6.91. The number of nitrogens with zero attached hydrogens (tertiary/aromatic N) is 3. The molecule has 0 radical (unpaired) electrons. The molecular weight excluding hydrogens is 333 g/mol. The lowest BCUT2D eigenvalue weighted by molar-refractivity contribution is 0.198. The van der Waals surface area contributed by atoms with Crippen molar-refractivity contribution in [3.05, 3.63) is 42.5 Å². The first kappa shape index (κ1) is 18.4. The van der Waals surface area contributed by atoms with E-state index < -0.39 is 5.82 Å². The van der Waals surface area contributed by atoms with Crippen molar-refractivity contribution >= 4 is 11.7 Å². The molecule has 1 fully saturated rings. The zero-order valence-electron chi connectivity index (χ0n) is 15.1. The van der Waals surface area contributed by atoms with Crippen molar-refractivity contribution in [3.8, 4) is 5.69 Å². The summed E-state index contributed by atoms with van der Waals surface area (Å²) >= 11 is 0. The summed E-state index contributed by atoms with van der Waals surface area (Å²) in [6, 6.07) is 5.68. The van der Waals surface area contributed by atoms with Crippen molar-refractivity contribution in [1.29, 1.82) is 0 Å². The molecule has 0 saturated carbocycles. The number of likely N-dealkylation sites (tertiary alicyclic amines) is 1. The number of aromatic nitrogens is 2. The second kappa shape index (κ2) is 8.80. The molecule has 0 aliphatic carbocycles. The molecule has 2 N–H and O–H groups in total. The minimum Gasteiger partial charge on any atom is -0.338 e. The van der Waals surface area contributed by atoms with Gasteiger partial charge in [-0.15, -0.1) is 0 Å². The molecule has 26 heavy (non-hydrogen) atoms. The highest BCUT2D eigenvalue weighted by atomic mass is 19.1. The van der Waals surface area contributed by atoms with Crippen LogP contribution in [0.5, 0.6) is 0 Å². The van der Waals surface area contributed by atoms with Crippen molar-refractivity contribution < 1.29 is 9.18 Å². The van der Waals surface area contributed by atoms with Gasteiger partial charge < -0.3 is 15.5 Å². The number of hydrogen-bond donors (Lipinski definition) is 2. The first-order chi connectivity index (χ1) is 12.6. The molecule has 7 heteroatoms. The summed E-state index contributed by atoms with van der Waals surface area (Å²) in [5.41, 5.74) is 1.00. The third-order valence-electron chi connectivity index (χ3n) is 4.59. The maximum absolute atomic E-state index is 13.6. The number of rotatable bonds is 6. The van der Waals surface area contributed by atoms with Gasteiger partial charge in [-0.1, -0.05) is 13.3 Å². The zero-order valence-corrected chi connectivity index (χ0v) is 15.1. The standard InChI is InChI=1S/C19H26FN5O/c1-15(14-24-9-3-2-4-10-24)13-21-19(26)23-17-12-16(20)6-7-18(17)25-11-5-8-22-25/h5-8,11-12,15H,2-4,9-10,13-14H2,1H3,(H2,21,23,26). The molecule has 1 aromatic carbocycles. The maximum atomic E-state index is 13.6. The smallest absolute Gasteiger partial charge is 0.319 e. The first-order valence-corrected chi connectivity index (χ1v) is 9.18. The summed E-state index contributed by atoms with van der Waals surface area (Å²) in [6.45, 7) is 5.99. The van der Waals surface area contributed by atoms with Crippen molar-refractivity contribution in [3.63, 3.8) is 0 Å². The number of anilines is 1. The number of amides is 2. The van der Waals surface area contributed by atoms with Crippen molar-refractivity contribution in [2.45, 2.75) is 26.2 Å². The van der Waals surface area contributed by atoms with E-state index in [1.165, 1.54) is 31.4 Å². The minimum atomic E-state index is -0.408. The van der Waals surface area contributed by atoms with Crippen LogP contribution in [0.1, 0.15) is 26.2 Å². The Morgan fingerprint density at radius 2 is 2.12 bits per heavy atom. The van der Waals surface area contributed by atoms with E-state index in [0.29, 0.717) is 23.8 Å². The van der Waals surface area contributed by atoms with E-state index in [1.54, 1.807) is 29.2 Å². The second-order valence-corrected chi connectivity index (χ2v) is 6.91. The number of nitrogens with one attached hydrogen (secondary N) is 2. The van der Waals surface area contributed by atoms with Gasteiger partial charge in [0.25, 0.3) is 0 Å². The molecule has 3 rings (SSSR count). The van der Waals surface area contributed by atoms with E-state index >= 15 is 0 Å². The van der Waals surface area contributed by atoms with Gasteiger partial charge in [0.15, 0.2) is 0 Å². The molecule has 1 unspecified atom stereocenters. The average Bonchev–Trinajstić information content (AvgIpc) is 3.15. The number of carbonyl (C=O) groups excluding carboxylic acids is 1. The van der Waals surface area contributed by atoms with Crippen LogP contribution in [0.4, 0.5) is 14.9 Å².